The number of amides is 1. The first-order chi connectivity index (χ1) is 7.19. The topological polar surface area (TPSA) is 55.4 Å². The van der Waals surface area contributed by atoms with Crippen molar-refractivity contribution in [2.75, 3.05) is 12.4 Å². The molecule has 80 valence electrons. The average Bonchev–Trinajstić information content (AvgIpc) is 2.28. The lowest BCUT2D eigenvalue weighted by atomic mass is 10.0. The normalized spacial score (nSPS) is 11.6. The predicted molar refractivity (Wildman–Crippen MR) is 56.6 cm³/mol. The highest BCUT2D eigenvalue weighted by Gasteiger charge is 2.14. The van der Waals surface area contributed by atoms with E-state index in [1.165, 1.54) is 7.11 Å². The largest absolute Gasteiger partial charge is 0.469 e. The summed E-state index contributed by atoms with van der Waals surface area (Å²) in [5, 5.41) is 2.52. The first-order valence-corrected chi connectivity index (χ1v) is 4.57. The number of benzene rings is 1. The molecule has 1 aromatic rings. The molecular weight excluding hydrogens is 194 g/mol. The number of nitrogens with one attached hydrogen (secondary N) is 1. The van der Waals surface area contributed by atoms with Crippen LogP contribution in [0.15, 0.2) is 24.3 Å². The molecule has 1 atom stereocenters. The van der Waals surface area contributed by atoms with Gasteiger partial charge in [-0.2, -0.15) is 0 Å². The van der Waals surface area contributed by atoms with Crippen molar-refractivity contribution >= 4 is 18.1 Å². The number of rotatable bonds is 4. The second-order valence-corrected chi connectivity index (χ2v) is 3.13. The Balaban J connectivity index is 2.79. The molecule has 0 spiro atoms. The number of carbonyl (C=O) groups excluding carboxylic acids is 2. The van der Waals surface area contributed by atoms with Crippen LogP contribution in [0.1, 0.15) is 18.4 Å². The van der Waals surface area contributed by atoms with Gasteiger partial charge in [-0.25, -0.2) is 0 Å². The Bertz CT molecular complexity index is 345. The average molecular weight is 207 g/mol. The number of anilines is 1. The molecule has 0 aliphatic heterocycles. The number of esters is 1. The van der Waals surface area contributed by atoms with Gasteiger partial charge in [0.05, 0.1) is 13.0 Å². The van der Waals surface area contributed by atoms with Crippen molar-refractivity contribution in [3.05, 3.63) is 29.8 Å². The van der Waals surface area contributed by atoms with E-state index >= 15 is 0 Å². The van der Waals surface area contributed by atoms with Crippen molar-refractivity contribution in [2.24, 2.45) is 0 Å². The van der Waals surface area contributed by atoms with Crippen molar-refractivity contribution in [3.63, 3.8) is 0 Å². The van der Waals surface area contributed by atoms with Gasteiger partial charge in [-0.3, -0.25) is 9.59 Å². The van der Waals surface area contributed by atoms with Crippen LogP contribution in [0, 0.1) is 0 Å². The number of hydrogen-bond acceptors (Lipinski definition) is 3. The third-order valence-electron chi connectivity index (χ3n) is 2.19. The van der Waals surface area contributed by atoms with Crippen LogP contribution in [-0.4, -0.2) is 19.5 Å². The molecule has 0 bridgehead atoms. The predicted octanol–water partition coefficient (Wildman–Crippen LogP) is 1.53. The molecule has 4 heteroatoms. The summed E-state index contributed by atoms with van der Waals surface area (Å²) in [5.74, 6) is -0.564. The fourth-order valence-electron chi connectivity index (χ4n) is 1.25. The molecule has 4 nitrogen and oxygen atoms in total. The van der Waals surface area contributed by atoms with Gasteiger partial charge < -0.3 is 10.1 Å². The van der Waals surface area contributed by atoms with Crippen molar-refractivity contribution in [3.8, 4) is 0 Å². The van der Waals surface area contributed by atoms with E-state index in [4.69, 9.17) is 0 Å². The third kappa shape index (κ3) is 2.80. The van der Waals surface area contributed by atoms with Crippen LogP contribution in [0.3, 0.4) is 0 Å². The van der Waals surface area contributed by atoms with Gasteiger partial charge in [-0.15, -0.1) is 0 Å². The number of methoxy groups -OCH3 is 1. The molecule has 0 fully saturated rings. The first kappa shape index (κ1) is 11.2. The first-order valence-electron chi connectivity index (χ1n) is 4.57. The molecule has 0 saturated heterocycles. The Morgan fingerprint density at radius 2 is 2.00 bits per heavy atom. The lowest BCUT2D eigenvalue weighted by Crippen LogP contribution is -2.10. The van der Waals surface area contributed by atoms with Crippen LogP contribution < -0.4 is 5.32 Å². The van der Waals surface area contributed by atoms with Crippen LogP contribution in [0.25, 0.3) is 0 Å². The minimum atomic E-state index is -0.291. The molecule has 1 amide bonds. The summed E-state index contributed by atoms with van der Waals surface area (Å²) < 4.78 is 4.63. The molecule has 15 heavy (non-hydrogen) atoms. The molecule has 0 aromatic heterocycles. The monoisotopic (exact) mass is 207 g/mol. The van der Waals surface area contributed by atoms with Gasteiger partial charge in [0.2, 0.25) is 6.41 Å². The fraction of sp³-hybridized carbons (Fsp3) is 0.273. The van der Waals surface area contributed by atoms with Gasteiger partial charge in [0.25, 0.3) is 0 Å². The summed E-state index contributed by atoms with van der Waals surface area (Å²) in [4.78, 5) is 21.4. The van der Waals surface area contributed by atoms with Gasteiger partial charge in [0.15, 0.2) is 0 Å². The van der Waals surface area contributed by atoms with Gasteiger partial charge in [0, 0.05) is 5.69 Å². The van der Waals surface area contributed by atoms with Gasteiger partial charge in [-0.05, 0) is 24.6 Å². The molecule has 0 heterocycles. The Kier molecular flexibility index (Phi) is 3.85. The number of carbonyl (C=O) groups is 2. The van der Waals surface area contributed by atoms with E-state index in [0.29, 0.717) is 12.1 Å². The molecule has 1 aromatic carbocycles. The standard InChI is InChI=1S/C11H13NO3/c1-8(11(14)15-2)9-3-5-10(6-4-9)12-7-13/h3-8H,1-2H3,(H,12,13). The summed E-state index contributed by atoms with van der Waals surface area (Å²) in [7, 11) is 1.36. The van der Waals surface area contributed by atoms with E-state index in [0.717, 1.165) is 5.56 Å². The highest BCUT2D eigenvalue weighted by atomic mass is 16.5. The van der Waals surface area contributed by atoms with E-state index in [1.54, 1.807) is 31.2 Å². The SMILES string of the molecule is COC(=O)C(C)c1ccc(NC=O)cc1. The van der Waals surface area contributed by atoms with E-state index < -0.39 is 0 Å². The highest BCUT2D eigenvalue weighted by molar-refractivity contribution is 5.78. The molecule has 0 saturated carbocycles. The summed E-state index contributed by atoms with van der Waals surface area (Å²) in [6, 6.07) is 7.05. The summed E-state index contributed by atoms with van der Waals surface area (Å²) in [6.45, 7) is 1.77. The van der Waals surface area contributed by atoms with Crippen LogP contribution >= 0.6 is 0 Å². The van der Waals surface area contributed by atoms with Crippen molar-refractivity contribution in [2.45, 2.75) is 12.8 Å². The van der Waals surface area contributed by atoms with E-state index in [1.807, 2.05) is 0 Å². The van der Waals surface area contributed by atoms with Crippen LogP contribution in [-0.2, 0) is 14.3 Å². The second-order valence-electron chi connectivity index (χ2n) is 3.13. The van der Waals surface area contributed by atoms with Crippen LogP contribution in [0.5, 0.6) is 0 Å². The molecule has 1 unspecified atom stereocenters. The fourth-order valence-corrected chi connectivity index (χ4v) is 1.25. The van der Waals surface area contributed by atoms with E-state index in [9.17, 15) is 9.59 Å². The Morgan fingerprint density at radius 1 is 1.40 bits per heavy atom. The number of ether oxygens (including phenoxy) is 1. The van der Waals surface area contributed by atoms with Crippen molar-refractivity contribution in [1.29, 1.82) is 0 Å². The smallest absolute Gasteiger partial charge is 0.312 e. The van der Waals surface area contributed by atoms with Crippen LogP contribution in [0.2, 0.25) is 0 Å². The third-order valence-corrected chi connectivity index (χ3v) is 2.19. The minimum absolute atomic E-state index is 0.272. The molecule has 0 aliphatic rings. The molecular formula is C11H13NO3. The molecule has 0 radical (unpaired) electrons. The van der Waals surface area contributed by atoms with E-state index in [2.05, 4.69) is 10.1 Å². The second kappa shape index (κ2) is 5.14. The van der Waals surface area contributed by atoms with Crippen molar-refractivity contribution < 1.29 is 14.3 Å². The highest BCUT2D eigenvalue weighted by Crippen LogP contribution is 2.18. The molecule has 1 rings (SSSR count). The lowest BCUT2D eigenvalue weighted by molar-refractivity contribution is -0.142. The number of hydrogen-bond donors (Lipinski definition) is 1. The zero-order valence-electron chi connectivity index (χ0n) is 8.69. The van der Waals surface area contributed by atoms with E-state index in [-0.39, 0.29) is 11.9 Å². The maximum Gasteiger partial charge on any atom is 0.312 e. The Hall–Kier alpha value is -1.84. The lowest BCUT2D eigenvalue weighted by Gasteiger charge is -2.09. The quantitative estimate of drug-likeness (QED) is 0.601. The van der Waals surface area contributed by atoms with Gasteiger partial charge in [-0.1, -0.05) is 12.1 Å². The Morgan fingerprint density at radius 3 is 2.47 bits per heavy atom. The maximum absolute atomic E-state index is 11.2. The van der Waals surface area contributed by atoms with Crippen LogP contribution in [0.4, 0.5) is 5.69 Å². The summed E-state index contributed by atoms with van der Waals surface area (Å²) in [5.41, 5.74) is 1.56. The minimum Gasteiger partial charge on any atom is -0.469 e. The zero-order chi connectivity index (χ0) is 11.3. The summed E-state index contributed by atoms with van der Waals surface area (Å²) in [6.07, 6.45) is 0.610. The maximum atomic E-state index is 11.2. The van der Waals surface area contributed by atoms with Gasteiger partial charge >= 0.3 is 5.97 Å². The zero-order valence-corrected chi connectivity index (χ0v) is 8.69. The van der Waals surface area contributed by atoms with Crippen molar-refractivity contribution in [1.82, 2.24) is 0 Å². The molecule has 1 N–H and O–H groups in total. The van der Waals surface area contributed by atoms with Gasteiger partial charge in [0.1, 0.15) is 0 Å². The summed E-state index contributed by atoms with van der Waals surface area (Å²) >= 11 is 0. The Labute approximate surface area is 88.2 Å². The molecule has 0 aliphatic carbocycles.